The molecule has 2 unspecified atom stereocenters. The van der Waals surface area contributed by atoms with Crippen LogP contribution in [-0.2, 0) is 17.8 Å². The van der Waals surface area contributed by atoms with E-state index in [1.54, 1.807) is 11.3 Å². The summed E-state index contributed by atoms with van der Waals surface area (Å²) in [4.78, 5) is 27.0. The first-order chi connectivity index (χ1) is 14.2. The highest BCUT2D eigenvalue weighted by Gasteiger charge is 2.29. The molecule has 4 rings (SSSR count). The number of aromatic nitrogens is 2. The number of imidazole rings is 1. The first kappa shape index (κ1) is 19.9. The van der Waals surface area contributed by atoms with Crippen LogP contribution < -0.4 is 5.32 Å². The van der Waals surface area contributed by atoms with Crippen molar-refractivity contribution in [3.05, 3.63) is 40.6 Å². The van der Waals surface area contributed by atoms with Crippen molar-refractivity contribution in [3.8, 4) is 0 Å². The average molecular weight is 415 g/mol. The molecule has 7 nitrogen and oxygen atoms in total. The van der Waals surface area contributed by atoms with Crippen molar-refractivity contribution in [1.82, 2.24) is 24.7 Å². The molecule has 156 valence electrons. The number of thiophene rings is 1. The van der Waals surface area contributed by atoms with Crippen LogP contribution in [0.1, 0.15) is 36.2 Å². The van der Waals surface area contributed by atoms with E-state index in [2.05, 4.69) is 43.1 Å². The summed E-state index contributed by atoms with van der Waals surface area (Å²) in [5.74, 6) is 1.70. The van der Waals surface area contributed by atoms with E-state index >= 15 is 0 Å². The van der Waals surface area contributed by atoms with Gasteiger partial charge in [-0.2, -0.15) is 0 Å². The molecule has 0 aromatic carbocycles. The Labute approximate surface area is 176 Å². The molecule has 0 aliphatic carbocycles. The quantitative estimate of drug-likeness (QED) is 0.616. The van der Waals surface area contributed by atoms with Crippen LogP contribution in [0.15, 0.2) is 35.2 Å². The Morgan fingerprint density at radius 1 is 1.38 bits per heavy atom. The van der Waals surface area contributed by atoms with Crippen molar-refractivity contribution in [3.63, 3.8) is 0 Å². The second-order valence-electron chi connectivity index (χ2n) is 7.95. The zero-order valence-electron chi connectivity index (χ0n) is 17.3. The number of aliphatic imine (C=N–C) groups is 1. The third kappa shape index (κ3) is 4.47. The molecule has 0 saturated carbocycles. The van der Waals surface area contributed by atoms with E-state index in [9.17, 15) is 4.79 Å². The number of nitrogens with one attached hydrogen (secondary N) is 1. The smallest absolute Gasteiger partial charge is 0.224 e. The van der Waals surface area contributed by atoms with Gasteiger partial charge in [0.15, 0.2) is 5.96 Å². The molecule has 2 aromatic rings. The van der Waals surface area contributed by atoms with Crippen LogP contribution in [0.5, 0.6) is 0 Å². The summed E-state index contributed by atoms with van der Waals surface area (Å²) in [5.41, 5.74) is 1.31. The van der Waals surface area contributed by atoms with Gasteiger partial charge in [0.1, 0.15) is 0 Å². The molecule has 1 amide bonds. The number of hydrogen-bond donors (Lipinski definition) is 1. The van der Waals surface area contributed by atoms with Crippen LogP contribution >= 0.6 is 11.3 Å². The van der Waals surface area contributed by atoms with Crippen molar-refractivity contribution in [2.75, 3.05) is 33.2 Å². The molecular weight excluding hydrogens is 384 g/mol. The van der Waals surface area contributed by atoms with Crippen molar-refractivity contribution in [2.45, 2.75) is 38.8 Å². The number of rotatable bonds is 4. The Morgan fingerprint density at radius 3 is 3.07 bits per heavy atom. The van der Waals surface area contributed by atoms with Crippen molar-refractivity contribution in [2.24, 2.45) is 10.9 Å². The fraction of sp³-hybridized carbons (Fsp3) is 0.571. The molecule has 1 saturated heterocycles. The second kappa shape index (κ2) is 8.98. The van der Waals surface area contributed by atoms with E-state index < -0.39 is 0 Å². The van der Waals surface area contributed by atoms with Crippen LogP contribution in [0.4, 0.5) is 0 Å². The molecule has 2 aliphatic rings. The van der Waals surface area contributed by atoms with Crippen LogP contribution in [0.2, 0.25) is 0 Å². The van der Waals surface area contributed by atoms with Crippen molar-refractivity contribution in [1.29, 1.82) is 0 Å². The topological polar surface area (TPSA) is 65.8 Å². The SMILES string of the molecule is CN=C(NCCC(=O)N1CCc2sccc2C1)N1CCC(C)C(n2ccnc2)C1. The summed E-state index contributed by atoms with van der Waals surface area (Å²) in [7, 11) is 1.82. The molecule has 2 aliphatic heterocycles. The van der Waals surface area contributed by atoms with E-state index in [1.165, 1.54) is 10.4 Å². The zero-order valence-corrected chi connectivity index (χ0v) is 18.1. The van der Waals surface area contributed by atoms with Crippen LogP contribution in [0.3, 0.4) is 0 Å². The molecule has 0 spiro atoms. The Balaban J connectivity index is 1.28. The number of guanidine groups is 1. The van der Waals surface area contributed by atoms with Crippen LogP contribution in [-0.4, -0.2) is 64.4 Å². The molecular formula is C21H30N6OS. The van der Waals surface area contributed by atoms with Crippen LogP contribution in [0.25, 0.3) is 0 Å². The highest BCUT2D eigenvalue weighted by Crippen LogP contribution is 2.27. The maximum absolute atomic E-state index is 12.7. The molecule has 2 atom stereocenters. The summed E-state index contributed by atoms with van der Waals surface area (Å²) in [6.45, 7) is 6.38. The Morgan fingerprint density at radius 2 is 2.28 bits per heavy atom. The maximum Gasteiger partial charge on any atom is 0.224 e. The summed E-state index contributed by atoms with van der Waals surface area (Å²) in [6.07, 6.45) is 8.36. The molecule has 4 heterocycles. The lowest BCUT2D eigenvalue weighted by Crippen LogP contribution is -2.49. The monoisotopic (exact) mass is 414 g/mol. The van der Waals surface area contributed by atoms with Gasteiger partial charge in [0.2, 0.25) is 5.91 Å². The number of carbonyl (C=O) groups is 1. The van der Waals surface area contributed by atoms with Crippen LogP contribution in [0, 0.1) is 5.92 Å². The molecule has 29 heavy (non-hydrogen) atoms. The first-order valence-electron chi connectivity index (χ1n) is 10.4. The Bertz CT molecular complexity index is 845. The van der Waals surface area contributed by atoms with Gasteiger partial charge >= 0.3 is 0 Å². The van der Waals surface area contributed by atoms with Gasteiger partial charge in [-0.3, -0.25) is 9.79 Å². The lowest BCUT2D eigenvalue weighted by molar-refractivity contribution is -0.131. The van der Waals surface area contributed by atoms with E-state index in [0.717, 1.165) is 45.0 Å². The average Bonchev–Trinajstić information content (AvgIpc) is 3.43. The van der Waals surface area contributed by atoms with Gasteiger partial charge in [-0.05, 0) is 35.8 Å². The second-order valence-corrected chi connectivity index (χ2v) is 8.95. The van der Waals surface area contributed by atoms with Gasteiger partial charge in [0.25, 0.3) is 0 Å². The zero-order chi connectivity index (χ0) is 20.2. The van der Waals surface area contributed by atoms with E-state index in [-0.39, 0.29) is 5.91 Å². The van der Waals surface area contributed by atoms with Gasteiger partial charge in [-0.15, -0.1) is 11.3 Å². The third-order valence-electron chi connectivity index (χ3n) is 6.12. The molecule has 2 aromatic heterocycles. The van der Waals surface area contributed by atoms with Crippen molar-refractivity contribution >= 4 is 23.2 Å². The normalized spacial score (nSPS) is 22.5. The van der Waals surface area contributed by atoms with Gasteiger partial charge in [-0.1, -0.05) is 6.92 Å². The highest BCUT2D eigenvalue weighted by atomic mass is 32.1. The van der Waals surface area contributed by atoms with E-state index in [4.69, 9.17) is 0 Å². The Hall–Kier alpha value is -2.35. The number of amides is 1. The van der Waals surface area contributed by atoms with E-state index in [1.807, 2.05) is 30.7 Å². The van der Waals surface area contributed by atoms with Crippen molar-refractivity contribution < 1.29 is 4.79 Å². The summed E-state index contributed by atoms with van der Waals surface area (Å²) in [6, 6.07) is 2.53. The Kier molecular flexibility index (Phi) is 6.18. The number of likely N-dealkylation sites (tertiary alicyclic amines) is 1. The maximum atomic E-state index is 12.7. The predicted octanol–water partition coefficient (Wildman–Crippen LogP) is 2.38. The molecule has 0 bridgehead atoms. The number of piperidine rings is 1. The largest absolute Gasteiger partial charge is 0.356 e. The fourth-order valence-electron chi connectivity index (χ4n) is 4.33. The summed E-state index contributed by atoms with van der Waals surface area (Å²) < 4.78 is 2.20. The minimum absolute atomic E-state index is 0.216. The number of fused-ring (bicyclic) bond motifs is 1. The van der Waals surface area contributed by atoms with Gasteiger partial charge in [-0.25, -0.2) is 4.98 Å². The fourth-order valence-corrected chi connectivity index (χ4v) is 5.22. The van der Waals surface area contributed by atoms with Gasteiger partial charge < -0.3 is 19.7 Å². The lowest BCUT2D eigenvalue weighted by atomic mass is 9.93. The summed E-state index contributed by atoms with van der Waals surface area (Å²) >= 11 is 1.80. The standard InChI is InChI=1S/C21H30N6OS/c1-16-4-9-26(14-18(16)27-11-8-23-15-27)21(22-2)24-7-3-20(28)25-10-5-19-17(13-25)6-12-29-19/h6,8,11-12,15-16,18H,3-5,7,9-10,13-14H2,1-2H3,(H,22,24). The minimum Gasteiger partial charge on any atom is -0.356 e. The molecule has 0 radical (unpaired) electrons. The van der Waals surface area contributed by atoms with E-state index in [0.29, 0.717) is 24.9 Å². The molecule has 1 fully saturated rings. The van der Waals surface area contributed by atoms with Gasteiger partial charge in [0.05, 0.1) is 12.4 Å². The minimum atomic E-state index is 0.216. The van der Waals surface area contributed by atoms with Gasteiger partial charge in [0, 0.05) is 63.5 Å². The summed E-state index contributed by atoms with van der Waals surface area (Å²) in [5, 5.41) is 5.54. The number of nitrogens with zero attached hydrogens (tertiary/aromatic N) is 5. The predicted molar refractivity (Wildman–Crippen MR) is 116 cm³/mol. The molecule has 8 heteroatoms. The lowest BCUT2D eigenvalue weighted by Gasteiger charge is -2.39. The third-order valence-corrected chi connectivity index (χ3v) is 7.14. The first-order valence-corrected chi connectivity index (χ1v) is 11.3. The number of carbonyl (C=O) groups excluding carboxylic acids is 1. The highest BCUT2D eigenvalue weighted by molar-refractivity contribution is 7.10. The number of hydrogen-bond acceptors (Lipinski definition) is 4. The molecule has 1 N–H and O–H groups in total.